The number of rotatable bonds is 10. The van der Waals surface area contributed by atoms with E-state index in [1.165, 1.54) is 10.5 Å². The van der Waals surface area contributed by atoms with Crippen molar-refractivity contribution in [1.29, 1.82) is 0 Å². The van der Waals surface area contributed by atoms with Crippen LogP contribution < -0.4 is 10.6 Å². The molecule has 0 spiro atoms. The number of carbonyl (C=O) groups is 1. The Morgan fingerprint density at radius 1 is 1.24 bits per heavy atom. The average molecular weight is 476 g/mol. The predicted molar refractivity (Wildman–Crippen MR) is 132 cm³/mol. The Hall–Kier alpha value is -1.75. The smallest absolute Gasteiger partial charge is 0.226 e. The molecule has 0 aliphatic carbocycles. The van der Waals surface area contributed by atoms with Crippen molar-refractivity contribution in [1.82, 2.24) is 20.0 Å². The Morgan fingerprint density at radius 3 is 2.82 bits per heavy atom. The van der Waals surface area contributed by atoms with Gasteiger partial charge >= 0.3 is 0 Å². The second-order valence-electron chi connectivity index (χ2n) is 9.77. The fourth-order valence-corrected chi connectivity index (χ4v) is 5.14. The first kappa shape index (κ1) is 25.3. The minimum Gasteiger partial charge on any atom is -0.382 e. The largest absolute Gasteiger partial charge is 0.382 e. The number of hydrogen-bond acceptors (Lipinski definition) is 8. The summed E-state index contributed by atoms with van der Waals surface area (Å²) in [4.78, 5) is 18.5. The summed E-state index contributed by atoms with van der Waals surface area (Å²) in [6, 6.07) is 6.93. The van der Waals surface area contributed by atoms with Gasteiger partial charge in [-0.15, -0.1) is 0 Å². The van der Waals surface area contributed by atoms with Crippen LogP contribution in [0.4, 0.5) is 5.69 Å². The number of likely N-dealkylation sites (tertiary alicyclic amines) is 1. The molecule has 1 aromatic rings. The molecule has 1 aromatic carbocycles. The second kappa shape index (κ2) is 12.3. The van der Waals surface area contributed by atoms with E-state index >= 15 is 0 Å². The first-order valence-corrected chi connectivity index (χ1v) is 12.6. The molecular formula is C25H41N5O4. The summed E-state index contributed by atoms with van der Waals surface area (Å²) in [6.45, 7) is 11.1. The molecular weight excluding hydrogens is 434 g/mol. The van der Waals surface area contributed by atoms with E-state index in [4.69, 9.17) is 9.47 Å². The number of nitrogens with zero attached hydrogens (tertiary/aromatic N) is 3. The van der Waals surface area contributed by atoms with E-state index in [9.17, 15) is 9.90 Å². The van der Waals surface area contributed by atoms with Crippen LogP contribution in [0.3, 0.4) is 0 Å². The molecule has 3 atom stereocenters. The van der Waals surface area contributed by atoms with E-state index in [2.05, 4.69) is 45.6 Å². The maximum atomic E-state index is 11.9. The van der Waals surface area contributed by atoms with Crippen molar-refractivity contribution in [2.24, 2.45) is 0 Å². The van der Waals surface area contributed by atoms with Gasteiger partial charge in [0.25, 0.3) is 0 Å². The fourth-order valence-electron chi connectivity index (χ4n) is 5.14. The average Bonchev–Trinajstić information content (AvgIpc) is 3.16. The van der Waals surface area contributed by atoms with Crippen LogP contribution >= 0.6 is 0 Å². The summed E-state index contributed by atoms with van der Waals surface area (Å²) in [5, 5.41) is 17.0. The number of benzene rings is 1. The van der Waals surface area contributed by atoms with E-state index in [0.717, 1.165) is 70.1 Å². The van der Waals surface area contributed by atoms with Crippen molar-refractivity contribution in [3.8, 4) is 0 Å². The summed E-state index contributed by atoms with van der Waals surface area (Å²) in [7, 11) is 1.73. The third-order valence-corrected chi connectivity index (χ3v) is 7.17. The first-order valence-electron chi connectivity index (χ1n) is 12.6. The lowest BCUT2D eigenvalue weighted by Gasteiger charge is -2.37. The molecule has 2 unspecified atom stereocenters. The Kier molecular flexibility index (Phi) is 9.16. The summed E-state index contributed by atoms with van der Waals surface area (Å²) < 4.78 is 11.0. The van der Waals surface area contributed by atoms with Gasteiger partial charge in [-0.25, -0.2) is 0 Å². The number of aliphatic hydroxyl groups excluding tert-OH is 1. The quantitative estimate of drug-likeness (QED) is 0.450. The number of nitrogens with one attached hydrogen (secondary N) is 2. The van der Waals surface area contributed by atoms with Crippen molar-refractivity contribution in [2.45, 2.75) is 44.6 Å². The van der Waals surface area contributed by atoms with Crippen molar-refractivity contribution in [3.63, 3.8) is 0 Å². The molecule has 1 amide bonds. The molecule has 0 radical (unpaired) electrons. The molecule has 4 rings (SSSR count). The van der Waals surface area contributed by atoms with E-state index in [0.29, 0.717) is 32.2 Å². The zero-order chi connectivity index (χ0) is 23.9. The Morgan fingerprint density at radius 2 is 2.06 bits per heavy atom. The molecule has 3 aliphatic heterocycles. The molecule has 9 nitrogen and oxygen atoms in total. The number of amides is 1. The zero-order valence-corrected chi connectivity index (χ0v) is 20.7. The van der Waals surface area contributed by atoms with Gasteiger partial charge in [0.2, 0.25) is 5.91 Å². The van der Waals surface area contributed by atoms with E-state index in [1.54, 1.807) is 7.11 Å². The van der Waals surface area contributed by atoms with Gasteiger partial charge in [-0.05, 0) is 30.5 Å². The lowest BCUT2D eigenvalue weighted by Crippen LogP contribution is -2.54. The fraction of sp³-hybridized carbons (Fsp3) is 0.720. The number of aliphatic hydroxyl groups is 1. The van der Waals surface area contributed by atoms with Crippen molar-refractivity contribution >= 4 is 11.6 Å². The van der Waals surface area contributed by atoms with Gasteiger partial charge in [-0.2, -0.15) is 0 Å². The minimum atomic E-state index is -0.677. The SMILES string of the molecule is COC[C@@H]1CN(CCN2CCNC(Cc3ccc(C)c(NCN4C(=O)CCC4O)c3)C2)CCO1. The van der Waals surface area contributed by atoms with Gasteiger partial charge in [-0.3, -0.25) is 19.5 Å². The molecule has 34 heavy (non-hydrogen) atoms. The number of morpholine rings is 1. The predicted octanol–water partition coefficient (Wildman–Crippen LogP) is 0.469. The number of carbonyl (C=O) groups excluding carboxylic acids is 1. The molecule has 3 heterocycles. The molecule has 0 saturated carbocycles. The summed E-state index contributed by atoms with van der Waals surface area (Å²) >= 11 is 0. The van der Waals surface area contributed by atoms with Gasteiger partial charge in [0, 0.05) is 77.5 Å². The van der Waals surface area contributed by atoms with Crippen LogP contribution in [0.5, 0.6) is 0 Å². The maximum absolute atomic E-state index is 11.9. The van der Waals surface area contributed by atoms with Crippen molar-refractivity contribution < 1.29 is 19.4 Å². The monoisotopic (exact) mass is 475 g/mol. The Labute approximate surface area is 203 Å². The Bertz CT molecular complexity index is 808. The van der Waals surface area contributed by atoms with E-state index < -0.39 is 6.23 Å². The molecule has 3 aliphatic rings. The van der Waals surface area contributed by atoms with Crippen LogP contribution in [0.1, 0.15) is 24.0 Å². The number of methoxy groups -OCH3 is 1. The van der Waals surface area contributed by atoms with Crippen molar-refractivity contribution in [2.75, 3.05) is 78.1 Å². The normalized spacial score (nSPS) is 26.9. The highest BCUT2D eigenvalue weighted by Crippen LogP contribution is 2.21. The standard InChI is InChI=1S/C25H41N5O4/c1-19-3-4-20(14-23(19)27-18-30-24(31)5-6-25(30)32)13-21-15-28(8-7-26-21)9-10-29-11-12-34-22(16-29)17-33-2/h3-4,14,21-22,24,26-27,31H,5-13,15-18H2,1-2H3/t21?,22-,24?/m0/s1. The first-order chi connectivity index (χ1) is 16.5. The van der Waals surface area contributed by atoms with Gasteiger partial charge in [0.15, 0.2) is 0 Å². The van der Waals surface area contributed by atoms with Crippen LogP contribution in [0.15, 0.2) is 18.2 Å². The second-order valence-corrected chi connectivity index (χ2v) is 9.77. The Balaban J connectivity index is 1.25. The van der Waals surface area contributed by atoms with Gasteiger partial charge in [0.1, 0.15) is 6.23 Å². The third-order valence-electron chi connectivity index (χ3n) is 7.17. The number of aryl methyl sites for hydroxylation is 1. The molecule has 0 aromatic heterocycles. The van der Waals surface area contributed by atoms with Crippen LogP contribution in [-0.4, -0.2) is 117 Å². The highest BCUT2D eigenvalue weighted by molar-refractivity contribution is 5.78. The highest BCUT2D eigenvalue weighted by atomic mass is 16.5. The molecule has 0 bridgehead atoms. The van der Waals surface area contributed by atoms with E-state index in [-0.39, 0.29) is 12.0 Å². The summed E-state index contributed by atoms with van der Waals surface area (Å²) in [5.41, 5.74) is 3.44. The summed E-state index contributed by atoms with van der Waals surface area (Å²) in [6.07, 6.45) is 1.41. The van der Waals surface area contributed by atoms with Crippen LogP contribution in [0.25, 0.3) is 0 Å². The van der Waals surface area contributed by atoms with E-state index in [1.807, 2.05) is 0 Å². The number of piperazine rings is 1. The van der Waals surface area contributed by atoms with Gasteiger partial charge in [0.05, 0.1) is 26.0 Å². The molecule has 9 heteroatoms. The number of ether oxygens (including phenoxy) is 2. The topological polar surface area (TPSA) is 89.5 Å². The van der Waals surface area contributed by atoms with Crippen LogP contribution in [0, 0.1) is 6.92 Å². The number of anilines is 1. The molecule has 3 fully saturated rings. The zero-order valence-electron chi connectivity index (χ0n) is 20.7. The minimum absolute atomic E-state index is 0.00611. The molecule has 3 N–H and O–H groups in total. The lowest BCUT2D eigenvalue weighted by atomic mass is 10.0. The van der Waals surface area contributed by atoms with Crippen LogP contribution in [-0.2, 0) is 20.7 Å². The van der Waals surface area contributed by atoms with Crippen LogP contribution in [0.2, 0.25) is 0 Å². The summed E-state index contributed by atoms with van der Waals surface area (Å²) in [5.74, 6) is 0.00611. The van der Waals surface area contributed by atoms with Crippen molar-refractivity contribution in [3.05, 3.63) is 29.3 Å². The lowest BCUT2D eigenvalue weighted by molar-refractivity contribution is -0.132. The van der Waals surface area contributed by atoms with Gasteiger partial charge in [-0.1, -0.05) is 12.1 Å². The highest BCUT2D eigenvalue weighted by Gasteiger charge is 2.29. The maximum Gasteiger partial charge on any atom is 0.226 e. The third kappa shape index (κ3) is 6.90. The molecule has 190 valence electrons. The number of hydrogen-bond donors (Lipinski definition) is 3. The van der Waals surface area contributed by atoms with Gasteiger partial charge < -0.3 is 25.2 Å². The molecule has 3 saturated heterocycles.